The van der Waals surface area contributed by atoms with Gasteiger partial charge in [0.2, 0.25) is 11.8 Å². The van der Waals surface area contributed by atoms with Crippen LogP contribution in [-0.4, -0.2) is 59.1 Å². The zero-order chi connectivity index (χ0) is 29.7. The molecule has 2 heterocycles. The number of fused-ring (bicyclic) bond motifs is 1. The van der Waals surface area contributed by atoms with Crippen LogP contribution in [0.2, 0.25) is 0 Å². The number of aliphatic hydroxyl groups excluding tert-OH is 1. The zero-order valence-corrected chi connectivity index (χ0v) is 22.1. The topological polar surface area (TPSA) is 126 Å². The maximum absolute atomic E-state index is 14.9. The van der Waals surface area contributed by atoms with E-state index in [1.165, 1.54) is 18.1 Å². The quantitative estimate of drug-likeness (QED) is 0.222. The van der Waals surface area contributed by atoms with Gasteiger partial charge in [-0.1, -0.05) is 12.1 Å². The molecule has 1 aliphatic heterocycles. The standard InChI is InChI=1S/C27H27F4N5O5/c1-36-14-15-7-6-8-20(22(15)25(36)39)41-24-17(27(29,30)31)13-33-26(35-24)34-19-12-18(28)16(11-21(19)40-2)23(38)32-9-4-3-5-10-37/h6-8,11-13,37H,3-5,9-10,14H2,1-2H3,(H,32,38)(H,33,34,35). The number of aliphatic hydroxyl groups is 1. The Morgan fingerprint density at radius 2 is 1.95 bits per heavy atom. The minimum absolute atomic E-state index is 0.00249. The fraction of sp³-hybridized carbons (Fsp3) is 0.333. The Bertz CT molecular complexity index is 1450. The Labute approximate surface area is 232 Å². The minimum atomic E-state index is -4.89. The fourth-order valence-electron chi connectivity index (χ4n) is 4.18. The maximum Gasteiger partial charge on any atom is 0.423 e. The molecular weight excluding hydrogens is 550 g/mol. The van der Waals surface area contributed by atoms with Gasteiger partial charge in [0.15, 0.2) is 0 Å². The second-order valence-electron chi connectivity index (χ2n) is 9.16. The second-order valence-corrected chi connectivity index (χ2v) is 9.16. The van der Waals surface area contributed by atoms with Crippen molar-refractivity contribution in [1.29, 1.82) is 0 Å². The average Bonchev–Trinajstić information content (AvgIpc) is 3.22. The molecule has 0 spiro atoms. The van der Waals surface area contributed by atoms with E-state index in [0.717, 1.165) is 12.1 Å². The van der Waals surface area contributed by atoms with Crippen LogP contribution < -0.4 is 20.1 Å². The number of carbonyl (C=O) groups excluding carboxylic acids is 2. The lowest BCUT2D eigenvalue weighted by atomic mass is 10.1. The molecule has 2 aromatic carbocycles. The fourth-order valence-corrected chi connectivity index (χ4v) is 4.18. The summed E-state index contributed by atoms with van der Waals surface area (Å²) in [5, 5.41) is 14.0. The predicted octanol–water partition coefficient (Wildman–Crippen LogP) is 4.66. The van der Waals surface area contributed by atoms with E-state index >= 15 is 0 Å². The molecule has 14 heteroatoms. The van der Waals surface area contributed by atoms with Gasteiger partial charge in [0.05, 0.1) is 23.9 Å². The number of nitrogens with one attached hydrogen (secondary N) is 2. The van der Waals surface area contributed by atoms with Gasteiger partial charge in [0.1, 0.15) is 22.9 Å². The summed E-state index contributed by atoms with van der Waals surface area (Å²) in [4.78, 5) is 34.0. The van der Waals surface area contributed by atoms with E-state index in [9.17, 15) is 27.2 Å². The Morgan fingerprint density at radius 1 is 1.17 bits per heavy atom. The highest BCUT2D eigenvalue weighted by Crippen LogP contribution is 2.40. The molecule has 218 valence electrons. The number of anilines is 2. The third-order valence-electron chi connectivity index (χ3n) is 6.25. The Hall–Kier alpha value is -4.46. The highest BCUT2D eigenvalue weighted by Gasteiger charge is 2.37. The van der Waals surface area contributed by atoms with Gasteiger partial charge >= 0.3 is 6.18 Å². The number of rotatable bonds is 11. The smallest absolute Gasteiger partial charge is 0.423 e. The summed E-state index contributed by atoms with van der Waals surface area (Å²) in [6.07, 6.45) is -2.52. The molecule has 10 nitrogen and oxygen atoms in total. The van der Waals surface area contributed by atoms with Crippen molar-refractivity contribution in [3.8, 4) is 17.4 Å². The normalized spacial score (nSPS) is 12.8. The summed E-state index contributed by atoms with van der Waals surface area (Å²) in [5.41, 5.74) is -0.941. The lowest BCUT2D eigenvalue weighted by Gasteiger charge is -2.16. The van der Waals surface area contributed by atoms with E-state index in [4.69, 9.17) is 14.6 Å². The third-order valence-corrected chi connectivity index (χ3v) is 6.25. The van der Waals surface area contributed by atoms with Crippen LogP contribution in [0.15, 0.2) is 36.5 Å². The molecule has 0 aliphatic carbocycles. The van der Waals surface area contributed by atoms with E-state index in [0.29, 0.717) is 31.0 Å². The monoisotopic (exact) mass is 577 g/mol. The number of alkyl halides is 3. The molecule has 2 amide bonds. The van der Waals surface area contributed by atoms with E-state index in [1.807, 2.05) is 0 Å². The summed E-state index contributed by atoms with van der Waals surface area (Å²) in [6.45, 7) is 0.586. The molecule has 0 atom stereocenters. The van der Waals surface area contributed by atoms with Gasteiger partial charge in [-0.25, -0.2) is 9.37 Å². The van der Waals surface area contributed by atoms with Crippen LogP contribution in [0.3, 0.4) is 0 Å². The van der Waals surface area contributed by atoms with Crippen LogP contribution in [0.25, 0.3) is 0 Å². The number of benzene rings is 2. The van der Waals surface area contributed by atoms with Crippen LogP contribution in [0, 0.1) is 5.82 Å². The predicted molar refractivity (Wildman–Crippen MR) is 139 cm³/mol. The Morgan fingerprint density at radius 3 is 2.66 bits per heavy atom. The van der Waals surface area contributed by atoms with Gasteiger partial charge < -0.3 is 30.1 Å². The van der Waals surface area contributed by atoms with E-state index in [-0.39, 0.29) is 54.0 Å². The van der Waals surface area contributed by atoms with E-state index < -0.39 is 35.3 Å². The highest BCUT2D eigenvalue weighted by atomic mass is 19.4. The SMILES string of the molecule is COc1cc(C(=O)NCCCCCO)c(F)cc1Nc1ncc(C(F)(F)F)c(Oc2cccc3c2C(=O)N(C)C3)n1. The highest BCUT2D eigenvalue weighted by molar-refractivity contribution is 6.01. The number of ether oxygens (including phenoxy) is 2. The lowest BCUT2D eigenvalue weighted by Crippen LogP contribution is -2.25. The van der Waals surface area contributed by atoms with E-state index in [2.05, 4.69) is 20.6 Å². The molecule has 41 heavy (non-hydrogen) atoms. The molecular formula is C27H27F4N5O5. The van der Waals surface area contributed by atoms with Crippen molar-refractivity contribution in [2.24, 2.45) is 0 Å². The third kappa shape index (κ3) is 6.65. The van der Waals surface area contributed by atoms with Gasteiger partial charge in [-0.3, -0.25) is 9.59 Å². The molecule has 0 unspecified atom stereocenters. The number of hydrogen-bond donors (Lipinski definition) is 3. The maximum atomic E-state index is 14.9. The first-order valence-electron chi connectivity index (χ1n) is 12.6. The van der Waals surface area contributed by atoms with Crippen molar-refractivity contribution in [3.05, 3.63) is 64.6 Å². The lowest BCUT2D eigenvalue weighted by molar-refractivity contribution is -0.139. The van der Waals surface area contributed by atoms with Crippen molar-refractivity contribution in [2.75, 3.05) is 32.6 Å². The van der Waals surface area contributed by atoms with Crippen molar-refractivity contribution in [3.63, 3.8) is 0 Å². The van der Waals surface area contributed by atoms with Crippen LogP contribution >= 0.6 is 0 Å². The number of amides is 2. The molecule has 0 bridgehead atoms. The summed E-state index contributed by atoms with van der Waals surface area (Å²) in [6, 6.07) is 6.65. The van der Waals surface area contributed by atoms with Gasteiger partial charge in [0, 0.05) is 39.0 Å². The summed E-state index contributed by atoms with van der Waals surface area (Å²) < 4.78 is 67.1. The first-order valence-corrected chi connectivity index (χ1v) is 12.6. The summed E-state index contributed by atoms with van der Waals surface area (Å²) in [5.74, 6) is -3.39. The van der Waals surface area contributed by atoms with Crippen molar-refractivity contribution < 1.29 is 41.7 Å². The molecule has 0 fully saturated rings. The van der Waals surface area contributed by atoms with Gasteiger partial charge in [-0.05, 0) is 37.0 Å². The van der Waals surface area contributed by atoms with Crippen molar-refractivity contribution in [2.45, 2.75) is 32.0 Å². The molecule has 3 aromatic rings. The minimum Gasteiger partial charge on any atom is -0.495 e. The van der Waals surface area contributed by atoms with Gasteiger partial charge in [0.25, 0.3) is 11.8 Å². The molecule has 0 saturated heterocycles. The second kappa shape index (κ2) is 12.4. The van der Waals surface area contributed by atoms with Crippen LogP contribution in [0.4, 0.5) is 29.2 Å². The van der Waals surface area contributed by atoms with Crippen LogP contribution in [-0.2, 0) is 12.7 Å². The number of hydrogen-bond acceptors (Lipinski definition) is 8. The summed E-state index contributed by atoms with van der Waals surface area (Å²) in [7, 11) is 2.82. The first kappa shape index (κ1) is 29.5. The Balaban J connectivity index is 1.61. The van der Waals surface area contributed by atoms with Crippen molar-refractivity contribution >= 4 is 23.5 Å². The summed E-state index contributed by atoms with van der Waals surface area (Å²) >= 11 is 0. The number of carbonyl (C=O) groups is 2. The molecule has 0 radical (unpaired) electrons. The van der Waals surface area contributed by atoms with Gasteiger partial charge in [-0.2, -0.15) is 18.2 Å². The largest absolute Gasteiger partial charge is 0.495 e. The number of methoxy groups -OCH3 is 1. The van der Waals surface area contributed by atoms with Crippen molar-refractivity contribution in [1.82, 2.24) is 20.2 Å². The number of unbranched alkanes of at least 4 members (excludes halogenated alkanes) is 2. The average molecular weight is 578 g/mol. The number of nitrogens with zero attached hydrogens (tertiary/aromatic N) is 3. The first-order chi connectivity index (χ1) is 19.5. The molecule has 0 saturated carbocycles. The number of aromatic nitrogens is 2. The molecule has 3 N–H and O–H groups in total. The zero-order valence-electron chi connectivity index (χ0n) is 22.1. The van der Waals surface area contributed by atoms with Crippen LogP contribution in [0.5, 0.6) is 17.4 Å². The Kier molecular flexibility index (Phi) is 8.91. The molecule has 1 aromatic heterocycles. The number of halogens is 4. The van der Waals surface area contributed by atoms with E-state index in [1.54, 1.807) is 19.2 Å². The van der Waals surface area contributed by atoms with Gasteiger partial charge in [-0.15, -0.1) is 0 Å². The molecule has 4 rings (SSSR count). The van der Waals surface area contributed by atoms with Crippen LogP contribution in [0.1, 0.15) is 51.1 Å². The molecule has 1 aliphatic rings.